The van der Waals surface area contributed by atoms with E-state index in [1.807, 2.05) is 6.08 Å². The molecule has 0 saturated carbocycles. The van der Waals surface area contributed by atoms with Crippen molar-refractivity contribution >= 4 is 13.3 Å². The van der Waals surface area contributed by atoms with Crippen LogP contribution in [0.5, 0.6) is 11.5 Å². The fraction of sp³-hybridized carbons (Fsp3) is 0.347. The first-order valence-electron chi connectivity index (χ1n) is 18.8. The SMILES string of the molecule is C=CCOc1c(C(C)(C)C)cc(OC)cc1[Si](C)(C)C1c2cc(-c3ccccc3C(C)(C)C)ccc2-c2ccc(-c3ccccc3C(C)(C)C)cc21. The second kappa shape index (κ2) is 13.6. The number of ether oxygens (including phenoxy) is 2. The van der Waals surface area contributed by atoms with Crippen molar-refractivity contribution in [3.05, 3.63) is 138 Å². The monoisotopic (exact) mass is 706 g/mol. The fourth-order valence-corrected chi connectivity index (χ4v) is 12.0. The van der Waals surface area contributed by atoms with Crippen LogP contribution in [0.3, 0.4) is 0 Å². The van der Waals surface area contributed by atoms with Crippen molar-refractivity contribution in [1.29, 1.82) is 0 Å². The van der Waals surface area contributed by atoms with E-state index in [2.05, 4.69) is 179 Å². The van der Waals surface area contributed by atoms with Crippen LogP contribution in [0.2, 0.25) is 13.1 Å². The second-order valence-corrected chi connectivity index (χ2v) is 22.8. The molecule has 0 atom stereocenters. The zero-order valence-electron chi connectivity index (χ0n) is 33.6. The summed E-state index contributed by atoms with van der Waals surface area (Å²) >= 11 is 0. The minimum atomic E-state index is -2.49. The third kappa shape index (κ3) is 6.81. The molecule has 0 unspecified atom stereocenters. The van der Waals surface area contributed by atoms with Crippen LogP contribution >= 0.6 is 0 Å². The molecule has 6 rings (SSSR count). The summed E-state index contributed by atoms with van der Waals surface area (Å²) in [5.74, 6) is 1.87. The van der Waals surface area contributed by atoms with E-state index in [4.69, 9.17) is 9.47 Å². The van der Waals surface area contributed by atoms with E-state index in [9.17, 15) is 0 Å². The largest absolute Gasteiger partial charge is 0.497 e. The maximum Gasteiger partial charge on any atom is 0.123 e. The number of methoxy groups -OCH3 is 1. The van der Waals surface area contributed by atoms with E-state index in [0.29, 0.717) is 6.61 Å². The molecule has 0 radical (unpaired) electrons. The van der Waals surface area contributed by atoms with Gasteiger partial charge in [-0.15, -0.1) is 0 Å². The Balaban J connectivity index is 1.66. The lowest BCUT2D eigenvalue weighted by atomic mass is 9.81. The van der Waals surface area contributed by atoms with Gasteiger partial charge < -0.3 is 9.47 Å². The number of benzene rings is 5. The summed E-state index contributed by atoms with van der Waals surface area (Å²) in [6, 6.07) is 36.8. The summed E-state index contributed by atoms with van der Waals surface area (Å²) in [6.45, 7) is 30.2. The molecule has 0 aliphatic heterocycles. The highest BCUT2D eigenvalue weighted by atomic mass is 28.3. The summed E-state index contributed by atoms with van der Waals surface area (Å²) in [5.41, 5.74) is 14.6. The minimum Gasteiger partial charge on any atom is -0.497 e. The molecule has 0 spiro atoms. The predicted molar refractivity (Wildman–Crippen MR) is 226 cm³/mol. The number of fused-ring (bicyclic) bond motifs is 3. The van der Waals surface area contributed by atoms with Crippen LogP contribution in [0, 0.1) is 0 Å². The van der Waals surface area contributed by atoms with Crippen molar-refractivity contribution in [2.75, 3.05) is 13.7 Å². The Bertz CT molecular complexity index is 2020. The lowest BCUT2D eigenvalue weighted by Gasteiger charge is -2.36. The molecule has 0 fully saturated rings. The van der Waals surface area contributed by atoms with Crippen LogP contribution in [-0.2, 0) is 16.2 Å². The second-order valence-electron chi connectivity index (χ2n) is 18.3. The topological polar surface area (TPSA) is 18.5 Å². The molecule has 0 bridgehead atoms. The van der Waals surface area contributed by atoms with Gasteiger partial charge in [-0.2, -0.15) is 0 Å². The van der Waals surface area contributed by atoms with Gasteiger partial charge >= 0.3 is 0 Å². The Kier molecular flexibility index (Phi) is 9.76. The molecule has 3 heteroatoms. The Morgan fingerprint density at radius 3 is 1.48 bits per heavy atom. The molecule has 0 N–H and O–H groups in total. The van der Waals surface area contributed by atoms with Gasteiger partial charge in [0.05, 0.1) is 15.2 Å². The highest BCUT2D eigenvalue weighted by Gasteiger charge is 2.45. The highest BCUT2D eigenvalue weighted by molar-refractivity contribution is 6.92. The number of hydrogen-bond donors (Lipinski definition) is 0. The molecule has 5 aromatic rings. The van der Waals surface area contributed by atoms with Crippen molar-refractivity contribution in [2.45, 2.75) is 97.2 Å². The molecule has 270 valence electrons. The smallest absolute Gasteiger partial charge is 0.123 e. The van der Waals surface area contributed by atoms with Crippen LogP contribution in [0.25, 0.3) is 33.4 Å². The van der Waals surface area contributed by atoms with Gasteiger partial charge in [-0.3, -0.25) is 0 Å². The number of hydrogen-bond acceptors (Lipinski definition) is 2. The molecule has 0 saturated heterocycles. The summed E-state index contributed by atoms with van der Waals surface area (Å²) in [5, 5.41) is 1.28. The summed E-state index contributed by atoms with van der Waals surface area (Å²) in [6.07, 6.45) is 1.85. The zero-order valence-corrected chi connectivity index (χ0v) is 34.6. The maximum absolute atomic E-state index is 6.72. The molecule has 2 nitrogen and oxygen atoms in total. The van der Waals surface area contributed by atoms with Gasteiger partial charge in [0.2, 0.25) is 0 Å². The van der Waals surface area contributed by atoms with E-state index in [1.165, 1.54) is 66.4 Å². The van der Waals surface area contributed by atoms with Crippen LogP contribution in [0.15, 0.2) is 110 Å². The molecule has 0 heterocycles. The first kappa shape index (κ1) is 37.4. The third-order valence-electron chi connectivity index (χ3n) is 11.0. The fourth-order valence-electron chi connectivity index (χ4n) is 8.36. The summed E-state index contributed by atoms with van der Waals surface area (Å²) < 4.78 is 12.8. The standard InChI is InChI=1S/C49H58O2Si/c1-14-27-51-45-43(49(8,9)10)30-34(50-11)31-44(45)52(12,13)46-39-28-32(35-19-15-17-21-41(35)47(2,3)4)23-25-37(39)38-26-24-33(29-40(38)46)36-20-16-18-22-42(36)48(5,6)7/h14-26,28-31,46H,1,27H2,2-13H3. The highest BCUT2D eigenvalue weighted by Crippen LogP contribution is 2.52. The lowest BCUT2D eigenvalue weighted by molar-refractivity contribution is 0.351. The van der Waals surface area contributed by atoms with Gasteiger partial charge in [-0.05, 0) is 89.2 Å². The van der Waals surface area contributed by atoms with E-state index in [0.717, 1.165) is 11.5 Å². The quantitative estimate of drug-likeness (QED) is 0.118. The maximum atomic E-state index is 6.72. The average molecular weight is 707 g/mol. The molecule has 5 aromatic carbocycles. The predicted octanol–water partition coefficient (Wildman–Crippen LogP) is 12.8. The Labute approximate surface area is 315 Å². The van der Waals surface area contributed by atoms with E-state index in [-0.39, 0.29) is 21.8 Å². The van der Waals surface area contributed by atoms with Gasteiger partial charge in [-0.1, -0.05) is 173 Å². The molecule has 52 heavy (non-hydrogen) atoms. The first-order valence-corrected chi connectivity index (χ1v) is 21.9. The molecule has 0 aromatic heterocycles. The Morgan fingerprint density at radius 2 is 1.06 bits per heavy atom. The first-order chi connectivity index (χ1) is 24.4. The average Bonchev–Trinajstić information content (AvgIpc) is 3.43. The summed E-state index contributed by atoms with van der Waals surface area (Å²) in [4.78, 5) is 0. The van der Waals surface area contributed by atoms with Crippen LogP contribution < -0.4 is 14.7 Å². The van der Waals surface area contributed by atoms with Crippen LogP contribution in [0.4, 0.5) is 0 Å². The summed E-state index contributed by atoms with van der Waals surface area (Å²) in [7, 11) is -0.709. The van der Waals surface area contributed by atoms with Crippen molar-refractivity contribution < 1.29 is 9.47 Å². The molecular weight excluding hydrogens is 649 g/mol. The van der Waals surface area contributed by atoms with Gasteiger partial charge in [-0.25, -0.2) is 0 Å². The van der Waals surface area contributed by atoms with Crippen LogP contribution in [-0.4, -0.2) is 21.8 Å². The van der Waals surface area contributed by atoms with Crippen molar-refractivity contribution in [3.63, 3.8) is 0 Å². The molecular formula is C49H58O2Si. The number of rotatable bonds is 8. The van der Waals surface area contributed by atoms with Gasteiger partial charge in [0.25, 0.3) is 0 Å². The van der Waals surface area contributed by atoms with E-state index >= 15 is 0 Å². The van der Waals surface area contributed by atoms with E-state index < -0.39 is 8.07 Å². The third-order valence-corrected chi connectivity index (χ3v) is 14.8. The lowest BCUT2D eigenvalue weighted by Crippen LogP contribution is -2.49. The Hall–Kier alpha value is -4.34. The molecule has 0 amide bonds. The Morgan fingerprint density at radius 1 is 0.596 bits per heavy atom. The molecule has 1 aliphatic rings. The van der Waals surface area contributed by atoms with Gasteiger partial charge in [0.1, 0.15) is 18.1 Å². The van der Waals surface area contributed by atoms with Crippen molar-refractivity contribution in [1.82, 2.24) is 0 Å². The van der Waals surface area contributed by atoms with Crippen molar-refractivity contribution in [2.24, 2.45) is 0 Å². The van der Waals surface area contributed by atoms with Crippen LogP contribution in [0.1, 0.15) is 95.7 Å². The normalized spacial score (nSPS) is 13.5. The van der Waals surface area contributed by atoms with Crippen molar-refractivity contribution in [3.8, 4) is 44.9 Å². The molecule has 1 aliphatic carbocycles. The van der Waals surface area contributed by atoms with Gasteiger partial charge in [0.15, 0.2) is 0 Å². The van der Waals surface area contributed by atoms with E-state index in [1.54, 1.807) is 7.11 Å². The minimum absolute atomic E-state index is 0.0165. The van der Waals surface area contributed by atoms with Gasteiger partial charge in [0, 0.05) is 11.1 Å². The zero-order chi connectivity index (χ0) is 37.8.